The van der Waals surface area contributed by atoms with E-state index in [2.05, 4.69) is 0 Å². The molecule has 4 rings (SSSR count). The van der Waals surface area contributed by atoms with E-state index in [1.807, 2.05) is 0 Å². The van der Waals surface area contributed by atoms with Crippen LogP contribution in [0.1, 0.15) is 35.7 Å². The van der Waals surface area contributed by atoms with Gasteiger partial charge in [0.15, 0.2) is 11.2 Å². The number of esters is 2. The number of cyclic esters (lactones) is 2. The summed E-state index contributed by atoms with van der Waals surface area (Å²) in [5, 5.41) is 11.4. The summed E-state index contributed by atoms with van der Waals surface area (Å²) in [6.45, 7) is 2.83. The Kier molecular flexibility index (Phi) is 4.83. The van der Waals surface area contributed by atoms with E-state index in [1.165, 1.54) is 50.2 Å². The van der Waals surface area contributed by atoms with E-state index in [0.29, 0.717) is 5.56 Å². The lowest BCUT2D eigenvalue weighted by Gasteiger charge is -2.34. The fourth-order valence-electron chi connectivity index (χ4n) is 4.06. The standard InChI is InChI=1S/C21H15Cl2NO7/c1-20(2)30-18(26)21(19(27)31-20)15(11-5-8-13(22)14(23)9-11)16(21)17(25)10-3-6-12(7-4-10)24(28)29/h3-9,15-16H,1-2H3/t15-,16+/m1/s1. The Bertz CT molecular complexity index is 1120. The number of nitro benzene ring substituents is 1. The Morgan fingerprint density at radius 2 is 1.58 bits per heavy atom. The van der Waals surface area contributed by atoms with E-state index < -0.39 is 45.7 Å². The number of carbonyl (C=O) groups excluding carboxylic acids is 3. The topological polar surface area (TPSA) is 113 Å². The van der Waals surface area contributed by atoms with Crippen molar-refractivity contribution in [3.05, 3.63) is 73.8 Å². The molecule has 1 aliphatic carbocycles. The van der Waals surface area contributed by atoms with Crippen molar-refractivity contribution >= 4 is 46.6 Å². The highest BCUT2D eigenvalue weighted by molar-refractivity contribution is 6.42. The van der Waals surface area contributed by atoms with Crippen molar-refractivity contribution in [2.24, 2.45) is 11.3 Å². The van der Waals surface area contributed by atoms with Crippen molar-refractivity contribution in [3.63, 3.8) is 0 Å². The molecule has 2 aromatic carbocycles. The number of hydrogen-bond acceptors (Lipinski definition) is 7. The molecule has 10 heteroatoms. The molecule has 160 valence electrons. The van der Waals surface area contributed by atoms with Crippen LogP contribution in [0, 0.1) is 21.4 Å². The van der Waals surface area contributed by atoms with Crippen LogP contribution >= 0.6 is 23.2 Å². The van der Waals surface area contributed by atoms with Crippen LogP contribution in [-0.4, -0.2) is 28.4 Å². The predicted octanol–water partition coefficient (Wildman–Crippen LogP) is 4.32. The van der Waals surface area contributed by atoms with E-state index in [-0.39, 0.29) is 21.3 Å². The number of nitrogens with zero attached hydrogens (tertiary/aromatic N) is 1. The molecule has 1 spiro atoms. The quantitative estimate of drug-likeness (QED) is 0.218. The Hall–Kier alpha value is -2.97. The maximum Gasteiger partial charge on any atom is 0.328 e. The summed E-state index contributed by atoms with van der Waals surface area (Å²) in [5.74, 6) is -5.76. The fourth-order valence-corrected chi connectivity index (χ4v) is 4.37. The first kappa shape index (κ1) is 21.3. The average Bonchev–Trinajstić information content (AvgIpc) is 3.39. The number of nitro groups is 1. The number of halogens is 2. The third-order valence-corrected chi connectivity index (χ3v) is 6.24. The van der Waals surface area contributed by atoms with E-state index in [0.717, 1.165) is 0 Å². The van der Waals surface area contributed by atoms with Gasteiger partial charge in [-0.15, -0.1) is 0 Å². The second-order valence-corrected chi connectivity index (χ2v) is 8.66. The van der Waals surface area contributed by atoms with E-state index in [4.69, 9.17) is 32.7 Å². The maximum atomic E-state index is 13.3. The van der Waals surface area contributed by atoms with Crippen LogP contribution in [0.4, 0.5) is 5.69 Å². The van der Waals surface area contributed by atoms with Crippen LogP contribution in [-0.2, 0) is 19.1 Å². The van der Waals surface area contributed by atoms with Crippen LogP contribution < -0.4 is 0 Å². The minimum atomic E-state index is -1.87. The number of hydrogen-bond donors (Lipinski definition) is 0. The van der Waals surface area contributed by atoms with Crippen molar-refractivity contribution in [2.75, 3.05) is 0 Å². The Labute approximate surface area is 186 Å². The predicted molar refractivity (Wildman–Crippen MR) is 109 cm³/mol. The van der Waals surface area contributed by atoms with Crippen LogP contribution in [0.3, 0.4) is 0 Å². The molecule has 1 saturated heterocycles. The van der Waals surface area contributed by atoms with E-state index in [9.17, 15) is 24.5 Å². The van der Waals surface area contributed by atoms with Gasteiger partial charge in [0.25, 0.3) is 11.5 Å². The molecule has 1 aliphatic heterocycles. The Balaban J connectivity index is 1.79. The zero-order chi connectivity index (χ0) is 22.7. The third kappa shape index (κ3) is 3.26. The van der Waals surface area contributed by atoms with E-state index >= 15 is 0 Å². The van der Waals surface area contributed by atoms with Crippen LogP contribution in [0.15, 0.2) is 42.5 Å². The third-order valence-electron chi connectivity index (χ3n) is 5.51. The summed E-state index contributed by atoms with van der Waals surface area (Å²) in [5.41, 5.74) is -1.50. The summed E-state index contributed by atoms with van der Waals surface area (Å²) in [7, 11) is 0. The van der Waals surface area contributed by atoms with Gasteiger partial charge in [-0.05, 0) is 29.8 Å². The van der Waals surface area contributed by atoms with Crippen LogP contribution in [0.2, 0.25) is 10.0 Å². The van der Waals surface area contributed by atoms with Gasteiger partial charge in [-0.1, -0.05) is 29.3 Å². The maximum absolute atomic E-state index is 13.3. The molecule has 0 radical (unpaired) electrons. The normalized spacial score (nSPS) is 23.1. The number of benzene rings is 2. The molecule has 0 unspecified atom stereocenters. The minimum Gasteiger partial charge on any atom is -0.422 e. The molecule has 8 nitrogen and oxygen atoms in total. The molecule has 0 aromatic heterocycles. The SMILES string of the molecule is CC1(C)OC(=O)C2(C(=O)O1)[C@H](C(=O)c1ccc([N+](=O)[O-])cc1)[C@H]2c1ccc(Cl)c(Cl)c1. The number of non-ortho nitro benzene ring substituents is 1. The van der Waals surface area contributed by atoms with Gasteiger partial charge in [-0.25, -0.2) is 0 Å². The highest BCUT2D eigenvalue weighted by Crippen LogP contribution is 2.69. The Morgan fingerprint density at radius 3 is 2.10 bits per heavy atom. The summed E-state index contributed by atoms with van der Waals surface area (Å²) in [6, 6.07) is 9.48. The molecule has 2 fully saturated rings. The van der Waals surface area contributed by atoms with Crippen LogP contribution in [0.5, 0.6) is 0 Å². The summed E-state index contributed by atoms with van der Waals surface area (Å²) in [4.78, 5) is 49.6. The molecule has 2 aliphatic rings. The molecule has 0 N–H and O–H groups in total. The minimum absolute atomic E-state index is 0.114. The summed E-state index contributed by atoms with van der Waals surface area (Å²) in [6.07, 6.45) is 0. The van der Waals surface area contributed by atoms with Gasteiger partial charge in [0.05, 0.1) is 20.9 Å². The lowest BCUT2D eigenvalue weighted by Crippen LogP contribution is -2.49. The lowest BCUT2D eigenvalue weighted by molar-refractivity contribution is -0.384. The number of Topliss-reactive ketones (excluding diaryl/α,β-unsaturated/α-hetero) is 1. The molecule has 1 saturated carbocycles. The second-order valence-electron chi connectivity index (χ2n) is 7.85. The van der Waals surface area contributed by atoms with Gasteiger partial charge in [0.1, 0.15) is 0 Å². The summed E-state index contributed by atoms with van der Waals surface area (Å²) >= 11 is 12.1. The van der Waals surface area contributed by atoms with Crippen molar-refractivity contribution in [3.8, 4) is 0 Å². The molecule has 2 aromatic rings. The number of carbonyl (C=O) groups is 3. The monoisotopic (exact) mass is 463 g/mol. The van der Waals surface area contributed by atoms with Crippen molar-refractivity contribution in [1.29, 1.82) is 0 Å². The molecule has 31 heavy (non-hydrogen) atoms. The molecule has 0 bridgehead atoms. The zero-order valence-electron chi connectivity index (χ0n) is 16.3. The van der Waals surface area contributed by atoms with E-state index in [1.54, 1.807) is 6.07 Å². The number of ketones is 1. The van der Waals surface area contributed by atoms with Gasteiger partial charge in [0.2, 0.25) is 0 Å². The highest BCUT2D eigenvalue weighted by Gasteiger charge is 2.81. The number of rotatable bonds is 4. The summed E-state index contributed by atoms with van der Waals surface area (Å²) < 4.78 is 10.6. The molecule has 0 amide bonds. The smallest absolute Gasteiger partial charge is 0.328 e. The van der Waals surface area contributed by atoms with Crippen molar-refractivity contribution < 1.29 is 28.8 Å². The molecule has 2 atom stereocenters. The van der Waals surface area contributed by atoms with Gasteiger partial charge < -0.3 is 9.47 Å². The lowest BCUT2D eigenvalue weighted by atomic mass is 9.95. The molecule has 1 heterocycles. The van der Waals surface area contributed by atoms with Gasteiger partial charge in [-0.2, -0.15) is 0 Å². The first-order chi connectivity index (χ1) is 14.5. The highest BCUT2D eigenvalue weighted by atomic mass is 35.5. The molecular weight excluding hydrogens is 449 g/mol. The van der Waals surface area contributed by atoms with Gasteiger partial charge in [0, 0.05) is 37.5 Å². The van der Waals surface area contributed by atoms with Crippen molar-refractivity contribution in [2.45, 2.75) is 25.6 Å². The first-order valence-electron chi connectivity index (χ1n) is 9.19. The van der Waals surface area contributed by atoms with Crippen molar-refractivity contribution in [1.82, 2.24) is 0 Å². The number of ether oxygens (including phenoxy) is 2. The fraction of sp³-hybridized carbons (Fsp3) is 0.286. The second kappa shape index (κ2) is 7.03. The van der Waals surface area contributed by atoms with Gasteiger partial charge >= 0.3 is 11.9 Å². The van der Waals surface area contributed by atoms with Crippen LogP contribution in [0.25, 0.3) is 0 Å². The largest absolute Gasteiger partial charge is 0.422 e. The zero-order valence-corrected chi connectivity index (χ0v) is 17.8. The first-order valence-corrected chi connectivity index (χ1v) is 9.95. The van der Waals surface area contributed by atoms with Gasteiger partial charge in [-0.3, -0.25) is 24.5 Å². The average molecular weight is 464 g/mol. The Morgan fingerprint density at radius 1 is 1.00 bits per heavy atom. The molecular formula is C21H15Cl2NO7.